The predicted molar refractivity (Wildman–Crippen MR) is 85.0 cm³/mol. The Balaban J connectivity index is 1.90. The molecule has 0 aliphatic heterocycles. The molecule has 0 radical (unpaired) electrons. The van der Waals surface area contributed by atoms with E-state index in [-0.39, 0.29) is 0 Å². The number of halogens is 1. The van der Waals surface area contributed by atoms with Gasteiger partial charge in [-0.3, -0.25) is 4.98 Å². The smallest absolute Gasteiger partial charge is 0.0406 e. The second-order valence-corrected chi connectivity index (χ2v) is 5.39. The zero-order valence-electron chi connectivity index (χ0n) is 11.8. The first-order chi connectivity index (χ1) is 9.79. The molecule has 20 heavy (non-hydrogen) atoms. The van der Waals surface area contributed by atoms with Crippen LogP contribution in [0.3, 0.4) is 0 Å². The summed E-state index contributed by atoms with van der Waals surface area (Å²) in [6.07, 6.45) is 7.01. The van der Waals surface area contributed by atoms with Gasteiger partial charge in [-0.05, 0) is 54.8 Å². The summed E-state index contributed by atoms with van der Waals surface area (Å²) in [5.41, 5.74) is 2.63. The molecular formula is C17H21ClN2. The van der Waals surface area contributed by atoms with Gasteiger partial charge in [0.15, 0.2) is 0 Å². The second kappa shape index (κ2) is 8.03. The summed E-state index contributed by atoms with van der Waals surface area (Å²) < 4.78 is 0. The molecule has 2 aromatic rings. The average molecular weight is 289 g/mol. The van der Waals surface area contributed by atoms with E-state index in [1.165, 1.54) is 11.1 Å². The van der Waals surface area contributed by atoms with Gasteiger partial charge in [-0.15, -0.1) is 0 Å². The van der Waals surface area contributed by atoms with Crippen LogP contribution in [0.15, 0.2) is 48.8 Å². The molecule has 1 heterocycles. The third-order valence-electron chi connectivity index (χ3n) is 3.40. The highest BCUT2D eigenvalue weighted by atomic mass is 35.5. The van der Waals surface area contributed by atoms with Crippen LogP contribution in [0.2, 0.25) is 5.02 Å². The van der Waals surface area contributed by atoms with Crippen molar-refractivity contribution < 1.29 is 0 Å². The maximum Gasteiger partial charge on any atom is 0.0406 e. The van der Waals surface area contributed by atoms with E-state index >= 15 is 0 Å². The second-order valence-electron chi connectivity index (χ2n) is 4.95. The Morgan fingerprint density at radius 3 is 2.45 bits per heavy atom. The Kier molecular flexibility index (Phi) is 6.03. The Labute approximate surface area is 126 Å². The van der Waals surface area contributed by atoms with E-state index in [0.717, 1.165) is 30.8 Å². The van der Waals surface area contributed by atoms with Crippen LogP contribution in [0.1, 0.15) is 36.9 Å². The molecule has 1 aromatic heterocycles. The van der Waals surface area contributed by atoms with E-state index in [1.54, 1.807) is 0 Å². The van der Waals surface area contributed by atoms with Crippen LogP contribution in [-0.2, 0) is 6.42 Å². The molecule has 0 spiro atoms. The summed E-state index contributed by atoms with van der Waals surface area (Å²) in [4.78, 5) is 4.04. The maximum atomic E-state index is 5.95. The summed E-state index contributed by atoms with van der Waals surface area (Å²) in [6.45, 7) is 3.19. The number of nitrogens with one attached hydrogen (secondary N) is 1. The Morgan fingerprint density at radius 1 is 1.10 bits per heavy atom. The monoisotopic (exact) mass is 288 g/mol. The van der Waals surface area contributed by atoms with Crippen molar-refractivity contribution in [3.8, 4) is 0 Å². The van der Waals surface area contributed by atoms with Crippen molar-refractivity contribution in [1.29, 1.82) is 0 Å². The zero-order valence-corrected chi connectivity index (χ0v) is 12.6. The minimum atomic E-state index is 0.402. The van der Waals surface area contributed by atoms with Crippen LogP contribution in [0, 0.1) is 0 Å². The van der Waals surface area contributed by atoms with Crippen LogP contribution in [-0.4, -0.2) is 11.5 Å². The molecule has 1 aromatic carbocycles. The van der Waals surface area contributed by atoms with Crippen LogP contribution < -0.4 is 5.32 Å². The number of hydrogen-bond acceptors (Lipinski definition) is 2. The molecule has 3 heteroatoms. The third-order valence-corrected chi connectivity index (χ3v) is 3.66. The summed E-state index contributed by atoms with van der Waals surface area (Å²) in [5, 5.41) is 4.43. The lowest BCUT2D eigenvalue weighted by molar-refractivity contribution is 0.497. The van der Waals surface area contributed by atoms with Crippen molar-refractivity contribution in [3.05, 3.63) is 64.9 Å². The van der Waals surface area contributed by atoms with Crippen molar-refractivity contribution in [1.82, 2.24) is 10.3 Å². The van der Waals surface area contributed by atoms with E-state index in [1.807, 2.05) is 24.5 Å². The third kappa shape index (κ3) is 4.62. The molecular weight excluding hydrogens is 268 g/mol. The zero-order chi connectivity index (χ0) is 14.2. The molecule has 0 saturated heterocycles. The predicted octanol–water partition coefficient (Wildman–Crippen LogP) is 4.41. The molecule has 0 saturated carbocycles. The Hall–Kier alpha value is -1.38. The van der Waals surface area contributed by atoms with Gasteiger partial charge >= 0.3 is 0 Å². The van der Waals surface area contributed by atoms with E-state index in [9.17, 15) is 0 Å². The minimum Gasteiger partial charge on any atom is -0.310 e. The van der Waals surface area contributed by atoms with Crippen LogP contribution >= 0.6 is 11.6 Å². The topological polar surface area (TPSA) is 24.9 Å². The van der Waals surface area contributed by atoms with Gasteiger partial charge in [0.2, 0.25) is 0 Å². The van der Waals surface area contributed by atoms with Gasteiger partial charge in [0.05, 0.1) is 0 Å². The molecule has 0 fully saturated rings. The average Bonchev–Trinajstić information content (AvgIpc) is 2.48. The Morgan fingerprint density at radius 2 is 1.80 bits per heavy atom. The summed E-state index contributed by atoms with van der Waals surface area (Å²) in [7, 11) is 0. The van der Waals surface area contributed by atoms with Gasteiger partial charge in [0.1, 0.15) is 0 Å². The van der Waals surface area contributed by atoms with Crippen molar-refractivity contribution in [2.75, 3.05) is 6.54 Å². The fourth-order valence-corrected chi connectivity index (χ4v) is 2.44. The number of pyridine rings is 1. The summed E-state index contributed by atoms with van der Waals surface area (Å²) in [5.74, 6) is 0. The molecule has 2 rings (SSSR count). The number of hydrogen-bond donors (Lipinski definition) is 1. The van der Waals surface area contributed by atoms with Gasteiger partial charge in [-0.25, -0.2) is 0 Å². The molecule has 0 aliphatic rings. The molecule has 1 N–H and O–H groups in total. The van der Waals surface area contributed by atoms with Crippen molar-refractivity contribution >= 4 is 11.6 Å². The van der Waals surface area contributed by atoms with Gasteiger partial charge in [-0.2, -0.15) is 0 Å². The SMILES string of the molecule is CCCC(NCCc1ccncc1)c1ccc(Cl)cc1. The van der Waals surface area contributed by atoms with E-state index in [2.05, 4.69) is 41.5 Å². The fraction of sp³-hybridized carbons (Fsp3) is 0.353. The summed E-state index contributed by atoms with van der Waals surface area (Å²) in [6, 6.07) is 12.7. The quantitative estimate of drug-likeness (QED) is 0.816. The maximum absolute atomic E-state index is 5.95. The highest BCUT2D eigenvalue weighted by molar-refractivity contribution is 6.30. The fourth-order valence-electron chi connectivity index (χ4n) is 2.31. The van der Waals surface area contributed by atoms with Crippen molar-refractivity contribution in [3.63, 3.8) is 0 Å². The summed E-state index contributed by atoms with van der Waals surface area (Å²) >= 11 is 5.95. The molecule has 0 bridgehead atoms. The van der Waals surface area contributed by atoms with Crippen LogP contribution in [0.25, 0.3) is 0 Å². The van der Waals surface area contributed by atoms with E-state index < -0.39 is 0 Å². The first-order valence-electron chi connectivity index (χ1n) is 7.17. The van der Waals surface area contributed by atoms with Gasteiger partial charge in [0.25, 0.3) is 0 Å². The highest BCUT2D eigenvalue weighted by Gasteiger charge is 2.09. The van der Waals surface area contributed by atoms with Crippen molar-refractivity contribution in [2.45, 2.75) is 32.2 Å². The lowest BCUT2D eigenvalue weighted by atomic mass is 10.0. The standard InChI is InChI=1S/C17H21ClN2/c1-2-3-17(15-4-6-16(18)7-5-15)20-13-10-14-8-11-19-12-9-14/h4-9,11-12,17,20H,2-3,10,13H2,1H3. The molecule has 2 nitrogen and oxygen atoms in total. The first-order valence-corrected chi connectivity index (χ1v) is 7.55. The van der Waals surface area contributed by atoms with Crippen LogP contribution in [0.5, 0.6) is 0 Å². The molecule has 1 atom stereocenters. The number of nitrogens with zero attached hydrogens (tertiary/aromatic N) is 1. The van der Waals surface area contributed by atoms with E-state index in [4.69, 9.17) is 11.6 Å². The lowest BCUT2D eigenvalue weighted by Gasteiger charge is -2.18. The highest BCUT2D eigenvalue weighted by Crippen LogP contribution is 2.20. The number of aromatic nitrogens is 1. The van der Waals surface area contributed by atoms with Gasteiger partial charge in [-0.1, -0.05) is 37.1 Å². The molecule has 0 aliphatic carbocycles. The number of benzene rings is 1. The first kappa shape index (κ1) is 15.0. The normalized spacial score (nSPS) is 12.3. The van der Waals surface area contributed by atoms with Gasteiger partial charge < -0.3 is 5.32 Å². The molecule has 106 valence electrons. The number of rotatable bonds is 7. The molecule has 1 unspecified atom stereocenters. The van der Waals surface area contributed by atoms with Crippen molar-refractivity contribution in [2.24, 2.45) is 0 Å². The Bertz CT molecular complexity index is 496. The minimum absolute atomic E-state index is 0.402. The largest absolute Gasteiger partial charge is 0.310 e. The van der Waals surface area contributed by atoms with E-state index in [0.29, 0.717) is 6.04 Å². The molecule has 0 amide bonds. The lowest BCUT2D eigenvalue weighted by Crippen LogP contribution is -2.23. The van der Waals surface area contributed by atoms with Crippen LogP contribution in [0.4, 0.5) is 0 Å². The van der Waals surface area contributed by atoms with Gasteiger partial charge in [0, 0.05) is 23.5 Å².